The number of hydrogen-bond donors (Lipinski definition) is 2. The van der Waals surface area contributed by atoms with Crippen LogP contribution in [0.25, 0.3) is 21.7 Å². The number of aromatic nitrogens is 1. The maximum Gasteiger partial charge on any atom is 0.334 e. The molecular formula is C34H39N7O3. The highest BCUT2D eigenvalue weighted by atomic mass is 16.2. The molecule has 0 bridgehead atoms. The molecule has 2 saturated heterocycles. The molecule has 10 nitrogen and oxygen atoms in total. The highest BCUT2D eigenvalue weighted by molar-refractivity contribution is 5.92. The lowest BCUT2D eigenvalue weighted by Gasteiger charge is -2.57. The van der Waals surface area contributed by atoms with Gasteiger partial charge in [-0.2, -0.15) is 0 Å². The van der Waals surface area contributed by atoms with Crippen LogP contribution in [0.1, 0.15) is 37.3 Å². The lowest BCUT2D eigenvalue weighted by Crippen LogP contribution is -2.78. The zero-order chi connectivity index (χ0) is 30.8. The van der Waals surface area contributed by atoms with Gasteiger partial charge in [0.2, 0.25) is 11.8 Å². The summed E-state index contributed by atoms with van der Waals surface area (Å²) < 4.78 is 0. The molecule has 0 spiro atoms. The van der Waals surface area contributed by atoms with E-state index in [1.54, 1.807) is 28.2 Å². The number of hydrogen-bond acceptors (Lipinski definition) is 6. The predicted octanol–water partition coefficient (Wildman–Crippen LogP) is 3.84. The molecule has 44 heavy (non-hydrogen) atoms. The van der Waals surface area contributed by atoms with Crippen LogP contribution in [-0.2, 0) is 22.7 Å². The van der Waals surface area contributed by atoms with Gasteiger partial charge in [-0.15, -0.1) is 0 Å². The van der Waals surface area contributed by atoms with Crippen molar-refractivity contribution in [3.05, 3.63) is 90.1 Å². The molecule has 3 N–H and O–H groups in total. The van der Waals surface area contributed by atoms with E-state index < -0.39 is 18.2 Å². The molecule has 3 atom stereocenters. The van der Waals surface area contributed by atoms with Crippen LogP contribution in [0, 0.1) is 0 Å². The van der Waals surface area contributed by atoms with Crippen molar-refractivity contribution in [2.75, 3.05) is 20.1 Å². The zero-order valence-electron chi connectivity index (χ0n) is 25.2. The van der Waals surface area contributed by atoms with E-state index >= 15 is 0 Å². The molecule has 0 radical (unpaired) electrons. The fourth-order valence-corrected chi connectivity index (χ4v) is 6.71. The normalized spacial score (nSPS) is 20.8. The van der Waals surface area contributed by atoms with Gasteiger partial charge in [-0.05, 0) is 60.7 Å². The quantitative estimate of drug-likeness (QED) is 0.300. The second-order valence-corrected chi connectivity index (χ2v) is 11.7. The highest BCUT2D eigenvalue weighted by Crippen LogP contribution is 2.33. The number of unbranched alkanes of at least 4 members (excludes halogenated alkanes) is 1. The van der Waals surface area contributed by atoms with Crippen molar-refractivity contribution in [2.24, 2.45) is 5.73 Å². The summed E-state index contributed by atoms with van der Waals surface area (Å²) in [5.41, 5.74) is 8.54. The van der Waals surface area contributed by atoms with Gasteiger partial charge in [0.25, 0.3) is 0 Å². The van der Waals surface area contributed by atoms with E-state index in [0.717, 1.165) is 39.2 Å². The maximum absolute atomic E-state index is 14.2. The largest absolute Gasteiger partial charge is 0.334 e. The minimum Gasteiger partial charge on any atom is -0.333 e. The lowest BCUT2D eigenvalue weighted by molar-refractivity contribution is -0.196. The maximum atomic E-state index is 14.2. The molecule has 0 unspecified atom stereocenters. The number of pyridine rings is 1. The fourth-order valence-electron chi connectivity index (χ4n) is 6.71. The van der Waals surface area contributed by atoms with Crippen LogP contribution in [-0.4, -0.2) is 81.0 Å². The van der Waals surface area contributed by atoms with Gasteiger partial charge in [0, 0.05) is 31.7 Å². The summed E-state index contributed by atoms with van der Waals surface area (Å²) in [5, 5.41) is 9.56. The summed E-state index contributed by atoms with van der Waals surface area (Å²) in [6.07, 6.45) is 2.99. The molecule has 2 aliphatic heterocycles. The third-order valence-corrected chi connectivity index (χ3v) is 8.89. The summed E-state index contributed by atoms with van der Waals surface area (Å²) in [6, 6.07) is 22.5. The number of fused-ring (bicyclic) bond motifs is 3. The number of carbonyl (C=O) groups is 3. The van der Waals surface area contributed by atoms with Crippen LogP contribution in [0.3, 0.4) is 0 Å². The van der Waals surface area contributed by atoms with Crippen LogP contribution in [0.15, 0.2) is 79.0 Å². The molecule has 2 fully saturated rings. The van der Waals surface area contributed by atoms with Crippen LogP contribution < -0.4 is 11.1 Å². The SMILES string of the molecule is C[C@H]1[C@H]2N(C(=O)CN(C)N2C(=O)NCc2cccc3ccccc23)[C@@H](CCCCN)C(=O)N1Cc1cccc2cccnc12. The first-order chi connectivity index (χ1) is 21.4. The van der Waals surface area contributed by atoms with E-state index in [-0.39, 0.29) is 24.4 Å². The number of piperazine rings is 1. The second-order valence-electron chi connectivity index (χ2n) is 11.7. The zero-order valence-corrected chi connectivity index (χ0v) is 25.2. The first-order valence-corrected chi connectivity index (χ1v) is 15.3. The average molecular weight is 594 g/mol. The van der Waals surface area contributed by atoms with Gasteiger partial charge in [0.05, 0.1) is 18.1 Å². The fraction of sp³-hybridized carbons (Fsp3) is 0.353. The van der Waals surface area contributed by atoms with Crippen molar-refractivity contribution >= 4 is 39.5 Å². The number of hydrazine groups is 1. The van der Waals surface area contributed by atoms with Gasteiger partial charge >= 0.3 is 6.03 Å². The van der Waals surface area contributed by atoms with Crippen LogP contribution in [0.5, 0.6) is 0 Å². The molecule has 4 amide bonds. The van der Waals surface area contributed by atoms with Crippen molar-refractivity contribution in [1.29, 1.82) is 0 Å². The number of nitrogens with zero attached hydrogens (tertiary/aromatic N) is 5. The van der Waals surface area contributed by atoms with E-state index in [4.69, 9.17) is 5.73 Å². The summed E-state index contributed by atoms with van der Waals surface area (Å²) in [6.45, 7) is 3.06. The number of rotatable bonds is 8. The van der Waals surface area contributed by atoms with Crippen molar-refractivity contribution in [1.82, 2.24) is 30.1 Å². The molecule has 2 aliphatic rings. The standard InChI is InChI=1S/C34H39N7O3/c1-23-32-40(29(17-5-6-18-35)33(43)39(23)21-27-14-8-12-25-15-9-19-36-31(25)27)30(42)22-38(2)41(32)34(44)37-20-26-13-7-11-24-10-3-4-16-28(24)26/h3-4,7-16,19,23,29,32H,5-6,17-18,20-22,35H2,1-2H3,(H,37,44)/t23-,29-,32-/m0/s1. The Hall–Kier alpha value is -4.54. The second kappa shape index (κ2) is 12.6. The van der Waals surface area contributed by atoms with E-state index in [0.29, 0.717) is 32.5 Å². The number of nitrogens with one attached hydrogen (secondary N) is 1. The Kier molecular flexibility index (Phi) is 8.45. The third-order valence-electron chi connectivity index (χ3n) is 8.89. The number of para-hydroxylation sites is 1. The highest BCUT2D eigenvalue weighted by Gasteiger charge is 2.53. The van der Waals surface area contributed by atoms with E-state index in [1.165, 1.54) is 0 Å². The number of nitrogens with two attached hydrogens (primary N) is 1. The van der Waals surface area contributed by atoms with Gasteiger partial charge in [0.1, 0.15) is 12.2 Å². The number of benzene rings is 3. The Morgan fingerprint density at radius 2 is 1.68 bits per heavy atom. The summed E-state index contributed by atoms with van der Waals surface area (Å²) in [7, 11) is 1.75. The number of amides is 4. The smallest absolute Gasteiger partial charge is 0.333 e. The van der Waals surface area contributed by atoms with Crippen LogP contribution in [0.2, 0.25) is 0 Å². The first kappa shape index (κ1) is 29.5. The third kappa shape index (κ3) is 5.46. The van der Waals surface area contributed by atoms with Crippen molar-refractivity contribution in [3.8, 4) is 0 Å². The minimum atomic E-state index is -0.694. The number of carbonyl (C=O) groups excluding carboxylic acids is 3. The van der Waals surface area contributed by atoms with Gasteiger partial charge in [-0.1, -0.05) is 66.7 Å². The predicted molar refractivity (Wildman–Crippen MR) is 170 cm³/mol. The van der Waals surface area contributed by atoms with E-state index in [2.05, 4.69) is 10.3 Å². The van der Waals surface area contributed by atoms with Crippen molar-refractivity contribution in [2.45, 2.75) is 57.5 Å². The first-order valence-electron chi connectivity index (χ1n) is 15.3. The van der Waals surface area contributed by atoms with Gasteiger partial charge in [0.15, 0.2) is 0 Å². The molecule has 3 heterocycles. The molecule has 0 saturated carbocycles. The number of likely N-dealkylation sites (N-methyl/N-ethyl adjacent to an activating group) is 1. The van der Waals surface area contributed by atoms with E-state index in [9.17, 15) is 14.4 Å². The Labute approximate surface area is 257 Å². The Balaban J connectivity index is 1.33. The summed E-state index contributed by atoms with van der Waals surface area (Å²) in [5.74, 6) is -0.284. The average Bonchev–Trinajstić information content (AvgIpc) is 3.03. The number of urea groups is 1. The Bertz CT molecular complexity index is 1680. The van der Waals surface area contributed by atoms with Crippen molar-refractivity contribution in [3.63, 3.8) is 0 Å². The molecular weight excluding hydrogens is 554 g/mol. The topological polar surface area (TPSA) is 115 Å². The van der Waals surface area contributed by atoms with Gasteiger partial charge in [-0.25, -0.2) is 14.8 Å². The van der Waals surface area contributed by atoms with Crippen molar-refractivity contribution < 1.29 is 14.4 Å². The molecule has 1 aromatic heterocycles. The molecule has 6 rings (SSSR count). The molecule has 10 heteroatoms. The monoisotopic (exact) mass is 593 g/mol. The lowest BCUT2D eigenvalue weighted by atomic mass is 9.95. The molecule has 3 aromatic carbocycles. The van der Waals surface area contributed by atoms with Gasteiger partial charge < -0.3 is 20.9 Å². The van der Waals surface area contributed by atoms with E-state index in [1.807, 2.05) is 84.6 Å². The Morgan fingerprint density at radius 3 is 2.50 bits per heavy atom. The van der Waals surface area contributed by atoms with Crippen LogP contribution >= 0.6 is 0 Å². The summed E-state index contributed by atoms with van der Waals surface area (Å²) in [4.78, 5) is 49.9. The molecule has 4 aromatic rings. The van der Waals surface area contributed by atoms with Gasteiger partial charge in [-0.3, -0.25) is 14.6 Å². The minimum absolute atomic E-state index is 0.00117. The molecule has 228 valence electrons. The molecule has 0 aliphatic carbocycles. The Morgan fingerprint density at radius 1 is 0.955 bits per heavy atom. The summed E-state index contributed by atoms with van der Waals surface area (Å²) >= 11 is 0. The van der Waals surface area contributed by atoms with Crippen LogP contribution in [0.4, 0.5) is 4.79 Å².